The molecule has 0 bridgehead atoms. The van der Waals surface area contributed by atoms with Gasteiger partial charge in [0.1, 0.15) is 10.6 Å². The van der Waals surface area contributed by atoms with Crippen LogP contribution in [0.4, 0.5) is 0 Å². The van der Waals surface area contributed by atoms with Crippen molar-refractivity contribution in [3.8, 4) is 17.0 Å². The molecule has 1 aromatic carbocycles. The Kier molecular flexibility index (Phi) is 3.26. The molecule has 0 spiro atoms. The normalized spacial score (nSPS) is 11.5. The second kappa shape index (κ2) is 4.64. The predicted octanol–water partition coefficient (Wildman–Crippen LogP) is 0.894. The largest absolute Gasteiger partial charge is 0.507 e. The number of phenolic OH excluding ortho intramolecular Hbond substituents is 1. The molecule has 0 saturated carbocycles. The summed E-state index contributed by atoms with van der Waals surface area (Å²) in [7, 11) is -1.96. The van der Waals surface area contributed by atoms with Gasteiger partial charge in [-0.25, -0.2) is 13.2 Å². The molecular weight excluding hydrogens is 284 g/mol. The van der Waals surface area contributed by atoms with Crippen molar-refractivity contribution in [1.29, 1.82) is 0 Å². The molecule has 106 valence electrons. The fourth-order valence-electron chi connectivity index (χ4n) is 1.83. The first kappa shape index (κ1) is 14.1. The topological polar surface area (TPSA) is 109 Å². The lowest BCUT2D eigenvalue weighted by Crippen LogP contribution is -2.00. The lowest BCUT2D eigenvalue weighted by atomic mass is 10.1. The molecular formula is C12H12N2O5S. The van der Waals surface area contributed by atoms with Gasteiger partial charge in [-0.05, 0) is 18.2 Å². The Labute approximate surface area is 115 Å². The van der Waals surface area contributed by atoms with E-state index < -0.39 is 15.8 Å². The minimum Gasteiger partial charge on any atom is -0.507 e. The van der Waals surface area contributed by atoms with Crippen LogP contribution >= 0.6 is 0 Å². The van der Waals surface area contributed by atoms with E-state index in [1.165, 1.54) is 28.9 Å². The number of aryl methyl sites for hydroxylation is 1. The molecule has 1 heterocycles. The van der Waals surface area contributed by atoms with Crippen LogP contribution in [0.3, 0.4) is 0 Å². The monoisotopic (exact) mass is 296 g/mol. The van der Waals surface area contributed by atoms with Gasteiger partial charge in [-0.2, -0.15) is 5.10 Å². The van der Waals surface area contributed by atoms with E-state index in [-0.39, 0.29) is 16.3 Å². The van der Waals surface area contributed by atoms with E-state index in [1.807, 2.05) is 0 Å². The Balaban J connectivity index is 2.55. The van der Waals surface area contributed by atoms with Gasteiger partial charge >= 0.3 is 5.97 Å². The maximum atomic E-state index is 11.4. The van der Waals surface area contributed by atoms with Crippen molar-refractivity contribution >= 4 is 15.8 Å². The lowest BCUT2D eigenvalue weighted by Gasteiger charge is -2.06. The fraction of sp³-hybridized carbons (Fsp3) is 0.167. The van der Waals surface area contributed by atoms with E-state index >= 15 is 0 Å². The molecule has 0 saturated heterocycles. The van der Waals surface area contributed by atoms with Crippen molar-refractivity contribution in [2.45, 2.75) is 4.90 Å². The molecule has 2 N–H and O–H groups in total. The van der Waals surface area contributed by atoms with Crippen LogP contribution in [0.15, 0.2) is 29.2 Å². The highest BCUT2D eigenvalue weighted by molar-refractivity contribution is 7.90. The number of carbonyl (C=O) groups is 1. The number of carboxylic acid groups (broad SMARTS) is 1. The van der Waals surface area contributed by atoms with Crippen molar-refractivity contribution in [2.24, 2.45) is 7.05 Å². The summed E-state index contributed by atoms with van der Waals surface area (Å²) >= 11 is 0. The van der Waals surface area contributed by atoms with Gasteiger partial charge in [0.05, 0.1) is 5.69 Å². The summed E-state index contributed by atoms with van der Waals surface area (Å²) < 4.78 is 24.2. The van der Waals surface area contributed by atoms with Crippen molar-refractivity contribution in [1.82, 2.24) is 9.78 Å². The lowest BCUT2D eigenvalue weighted by molar-refractivity contribution is 0.0689. The van der Waals surface area contributed by atoms with E-state index in [0.29, 0.717) is 11.3 Å². The van der Waals surface area contributed by atoms with Gasteiger partial charge in [0, 0.05) is 18.9 Å². The van der Waals surface area contributed by atoms with Gasteiger partial charge < -0.3 is 10.2 Å². The fourth-order valence-corrected chi connectivity index (χ4v) is 2.59. The molecule has 20 heavy (non-hydrogen) atoms. The molecule has 1 aromatic heterocycles. The van der Waals surface area contributed by atoms with Gasteiger partial charge in [0.25, 0.3) is 0 Å². The van der Waals surface area contributed by atoms with E-state index in [2.05, 4.69) is 5.10 Å². The summed E-state index contributed by atoms with van der Waals surface area (Å²) in [6, 6.07) is 5.36. The Morgan fingerprint density at radius 3 is 2.40 bits per heavy atom. The van der Waals surface area contributed by atoms with Crippen LogP contribution in [0.25, 0.3) is 11.3 Å². The molecule has 0 atom stereocenters. The van der Waals surface area contributed by atoms with Crippen LogP contribution < -0.4 is 0 Å². The number of rotatable bonds is 3. The number of sulfone groups is 1. The van der Waals surface area contributed by atoms with E-state index in [0.717, 1.165) is 6.26 Å². The summed E-state index contributed by atoms with van der Waals surface area (Å²) in [6.07, 6.45) is 0.994. The zero-order chi connectivity index (χ0) is 15.1. The van der Waals surface area contributed by atoms with E-state index in [1.54, 1.807) is 7.05 Å². The van der Waals surface area contributed by atoms with Crippen LogP contribution in [-0.2, 0) is 16.9 Å². The number of phenols is 1. The average Bonchev–Trinajstić information content (AvgIpc) is 2.69. The summed E-state index contributed by atoms with van der Waals surface area (Å²) in [5.41, 5.74) is 0.796. The van der Waals surface area contributed by atoms with Crippen molar-refractivity contribution in [3.63, 3.8) is 0 Å². The molecule has 2 aromatic rings. The van der Waals surface area contributed by atoms with Crippen LogP contribution in [0.1, 0.15) is 10.5 Å². The van der Waals surface area contributed by atoms with Crippen LogP contribution in [0.2, 0.25) is 0 Å². The summed E-state index contributed by atoms with van der Waals surface area (Å²) in [6.45, 7) is 0. The molecule has 0 unspecified atom stereocenters. The minimum absolute atomic E-state index is 0.130. The first-order valence-corrected chi connectivity index (χ1v) is 7.40. The summed E-state index contributed by atoms with van der Waals surface area (Å²) in [5.74, 6) is -1.55. The molecule has 0 aliphatic carbocycles. The molecule has 0 radical (unpaired) electrons. The smallest absolute Gasteiger partial charge is 0.356 e. The summed E-state index contributed by atoms with van der Waals surface area (Å²) in [5, 5.41) is 22.4. The second-order valence-electron chi connectivity index (χ2n) is 4.30. The Morgan fingerprint density at radius 1 is 1.30 bits per heavy atom. The third kappa shape index (κ3) is 2.50. The van der Waals surface area contributed by atoms with Gasteiger partial charge in [-0.3, -0.25) is 4.68 Å². The first-order valence-electron chi connectivity index (χ1n) is 5.51. The Morgan fingerprint density at radius 2 is 1.95 bits per heavy atom. The quantitative estimate of drug-likeness (QED) is 0.870. The van der Waals surface area contributed by atoms with Crippen LogP contribution in [-0.4, -0.2) is 40.6 Å². The van der Waals surface area contributed by atoms with Crippen molar-refractivity contribution < 1.29 is 23.4 Å². The number of aromatic hydroxyl groups is 1. The van der Waals surface area contributed by atoms with Gasteiger partial charge in [0.15, 0.2) is 15.5 Å². The zero-order valence-electron chi connectivity index (χ0n) is 10.7. The average molecular weight is 296 g/mol. The molecule has 7 nitrogen and oxygen atoms in total. The van der Waals surface area contributed by atoms with Gasteiger partial charge in [-0.1, -0.05) is 6.07 Å². The van der Waals surface area contributed by atoms with Crippen LogP contribution in [0.5, 0.6) is 5.75 Å². The third-order valence-corrected chi connectivity index (χ3v) is 3.90. The number of nitrogens with zero attached hydrogens (tertiary/aromatic N) is 2. The Bertz CT molecular complexity index is 792. The Hall–Kier alpha value is -2.35. The number of benzene rings is 1. The predicted molar refractivity (Wildman–Crippen MR) is 70.4 cm³/mol. The highest BCUT2D eigenvalue weighted by atomic mass is 32.2. The highest BCUT2D eigenvalue weighted by Gasteiger charge is 2.17. The van der Waals surface area contributed by atoms with Crippen LogP contribution in [0, 0.1) is 0 Å². The molecule has 0 aliphatic rings. The summed E-state index contributed by atoms with van der Waals surface area (Å²) in [4.78, 5) is 10.7. The van der Waals surface area contributed by atoms with E-state index in [4.69, 9.17) is 5.11 Å². The standard InChI is InChI=1S/C12H12N2O5S/c1-14-9(6-8(13-14)12(16)17)7-3-4-11(10(15)5-7)20(2,18)19/h3-6,15H,1-2H3,(H,16,17). The number of carboxylic acids is 1. The van der Waals surface area contributed by atoms with Crippen molar-refractivity contribution in [2.75, 3.05) is 6.26 Å². The number of hydrogen-bond acceptors (Lipinski definition) is 5. The van der Waals surface area contributed by atoms with E-state index in [9.17, 15) is 18.3 Å². The number of aromatic carboxylic acids is 1. The maximum Gasteiger partial charge on any atom is 0.356 e. The van der Waals surface area contributed by atoms with Gasteiger partial charge in [0.2, 0.25) is 0 Å². The molecule has 0 aliphatic heterocycles. The third-order valence-electron chi connectivity index (χ3n) is 2.75. The number of aromatic nitrogens is 2. The first-order chi connectivity index (χ1) is 9.20. The van der Waals surface area contributed by atoms with Crippen molar-refractivity contribution in [3.05, 3.63) is 30.0 Å². The molecule has 2 rings (SSSR count). The highest BCUT2D eigenvalue weighted by Crippen LogP contribution is 2.29. The maximum absolute atomic E-state index is 11.4. The molecule has 8 heteroatoms. The minimum atomic E-state index is -3.52. The molecule has 0 amide bonds. The molecule has 0 fully saturated rings. The number of hydrogen-bond donors (Lipinski definition) is 2. The zero-order valence-corrected chi connectivity index (χ0v) is 11.5. The van der Waals surface area contributed by atoms with Gasteiger partial charge in [-0.15, -0.1) is 0 Å². The SMILES string of the molecule is Cn1nc(C(=O)O)cc1-c1ccc(S(C)(=O)=O)c(O)c1. The second-order valence-corrected chi connectivity index (χ2v) is 6.28.